The van der Waals surface area contributed by atoms with Crippen LogP contribution in [-0.4, -0.2) is 8.32 Å². The highest BCUT2D eigenvalue weighted by molar-refractivity contribution is 6.70. The summed E-state index contributed by atoms with van der Waals surface area (Å²) in [5.41, 5.74) is 1.20. The summed E-state index contributed by atoms with van der Waals surface area (Å²) in [6, 6.07) is 8.09. The van der Waals surface area contributed by atoms with Crippen molar-refractivity contribution in [2.24, 2.45) is 0 Å². The van der Waals surface area contributed by atoms with Crippen molar-refractivity contribution in [1.29, 1.82) is 0 Å². The molecule has 1 nitrogen and oxygen atoms in total. The van der Waals surface area contributed by atoms with E-state index in [1.165, 1.54) is 5.56 Å². The van der Waals surface area contributed by atoms with Gasteiger partial charge in [0.05, 0.1) is 5.76 Å². The van der Waals surface area contributed by atoms with Crippen LogP contribution in [0.1, 0.15) is 24.3 Å². The van der Waals surface area contributed by atoms with Gasteiger partial charge in [0, 0.05) is 10.9 Å². The SMILES string of the molecule is C[Si](C)(C)OC1=CCC[C@H]1c1ccccc1Cl. The first kappa shape index (κ1) is 12.7. The standard InChI is InChI=1S/C14H19ClOSi/c1-17(2,3)16-14-10-6-8-12(14)11-7-4-5-9-13(11)15/h4-5,7,9-10,12H,6,8H2,1-3H3/t12-/m0/s1. The lowest BCUT2D eigenvalue weighted by molar-refractivity contribution is 0.387. The minimum absolute atomic E-state index is 0.357. The Morgan fingerprint density at radius 1 is 1.24 bits per heavy atom. The summed E-state index contributed by atoms with van der Waals surface area (Å²) in [6.07, 6.45) is 4.44. The highest BCUT2D eigenvalue weighted by Gasteiger charge is 2.28. The molecule has 0 aliphatic heterocycles. The van der Waals surface area contributed by atoms with Crippen LogP contribution in [0.3, 0.4) is 0 Å². The highest BCUT2D eigenvalue weighted by Crippen LogP contribution is 2.39. The molecule has 3 heteroatoms. The van der Waals surface area contributed by atoms with Crippen LogP contribution in [0.4, 0.5) is 0 Å². The molecule has 0 bridgehead atoms. The van der Waals surface area contributed by atoms with E-state index in [1.807, 2.05) is 18.2 Å². The molecule has 1 aromatic rings. The Kier molecular flexibility index (Phi) is 3.64. The summed E-state index contributed by atoms with van der Waals surface area (Å²) >= 11 is 6.27. The molecular weight excluding hydrogens is 248 g/mol. The van der Waals surface area contributed by atoms with Gasteiger partial charge in [-0.05, 0) is 50.2 Å². The van der Waals surface area contributed by atoms with Gasteiger partial charge >= 0.3 is 0 Å². The van der Waals surface area contributed by atoms with E-state index in [2.05, 4.69) is 31.8 Å². The van der Waals surface area contributed by atoms with Crippen molar-refractivity contribution in [2.75, 3.05) is 0 Å². The largest absolute Gasteiger partial charge is 0.547 e. The van der Waals surface area contributed by atoms with E-state index in [4.69, 9.17) is 16.0 Å². The average Bonchev–Trinajstić information content (AvgIpc) is 2.64. The number of hydrogen-bond acceptors (Lipinski definition) is 1. The Morgan fingerprint density at radius 2 is 1.94 bits per heavy atom. The van der Waals surface area contributed by atoms with Crippen LogP contribution in [0.25, 0.3) is 0 Å². The number of benzene rings is 1. The molecule has 0 amide bonds. The van der Waals surface area contributed by atoms with Gasteiger partial charge in [0.1, 0.15) is 0 Å². The molecule has 0 spiro atoms. The lowest BCUT2D eigenvalue weighted by atomic mass is 9.97. The lowest BCUT2D eigenvalue weighted by Crippen LogP contribution is -2.26. The third-order valence-electron chi connectivity index (χ3n) is 2.85. The molecular formula is C14H19ClOSi. The fourth-order valence-electron chi connectivity index (χ4n) is 2.21. The van der Waals surface area contributed by atoms with Crippen molar-refractivity contribution in [3.05, 3.63) is 46.7 Å². The summed E-state index contributed by atoms with van der Waals surface area (Å²) in [5, 5.41) is 0.851. The van der Waals surface area contributed by atoms with Gasteiger partial charge in [0.2, 0.25) is 8.32 Å². The van der Waals surface area contributed by atoms with Crippen LogP contribution in [0.2, 0.25) is 24.7 Å². The first-order chi connectivity index (χ1) is 7.97. The predicted octanol–water partition coefficient (Wildman–Crippen LogP) is 4.95. The molecule has 0 radical (unpaired) electrons. The van der Waals surface area contributed by atoms with Gasteiger partial charge in [-0.25, -0.2) is 0 Å². The zero-order chi connectivity index (χ0) is 12.5. The molecule has 1 aliphatic carbocycles. The smallest absolute Gasteiger partial charge is 0.241 e. The molecule has 2 rings (SSSR count). The molecule has 1 aliphatic rings. The maximum absolute atomic E-state index is 6.27. The molecule has 0 unspecified atom stereocenters. The van der Waals surface area contributed by atoms with Crippen LogP contribution in [0.5, 0.6) is 0 Å². The summed E-state index contributed by atoms with van der Waals surface area (Å²) in [6.45, 7) is 6.65. The van der Waals surface area contributed by atoms with Crippen LogP contribution < -0.4 is 0 Å². The third kappa shape index (κ3) is 3.14. The van der Waals surface area contributed by atoms with E-state index < -0.39 is 8.32 Å². The average molecular weight is 267 g/mol. The first-order valence-corrected chi connectivity index (χ1v) is 9.89. The topological polar surface area (TPSA) is 9.23 Å². The van der Waals surface area contributed by atoms with Crippen molar-refractivity contribution >= 4 is 19.9 Å². The van der Waals surface area contributed by atoms with Crippen LogP contribution >= 0.6 is 11.6 Å². The van der Waals surface area contributed by atoms with Crippen LogP contribution in [0, 0.1) is 0 Å². The fraction of sp³-hybridized carbons (Fsp3) is 0.429. The Bertz CT molecular complexity index is 434. The number of hydrogen-bond donors (Lipinski definition) is 0. The molecule has 0 saturated carbocycles. The van der Waals surface area contributed by atoms with Crippen molar-refractivity contribution < 1.29 is 4.43 Å². The highest BCUT2D eigenvalue weighted by atomic mass is 35.5. The molecule has 0 N–H and O–H groups in total. The third-order valence-corrected chi connectivity index (χ3v) is 4.04. The lowest BCUT2D eigenvalue weighted by Gasteiger charge is -2.25. The zero-order valence-electron chi connectivity index (χ0n) is 10.7. The Balaban J connectivity index is 2.23. The summed E-state index contributed by atoms with van der Waals surface area (Å²) < 4.78 is 6.16. The van der Waals surface area contributed by atoms with Gasteiger partial charge in [-0.3, -0.25) is 0 Å². The number of halogens is 1. The van der Waals surface area contributed by atoms with E-state index in [0.717, 1.165) is 23.6 Å². The van der Waals surface area contributed by atoms with Gasteiger partial charge in [-0.15, -0.1) is 0 Å². The summed E-state index contributed by atoms with van der Waals surface area (Å²) in [5.74, 6) is 1.49. The van der Waals surface area contributed by atoms with E-state index in [0.29, 0.717) is 5.92 Å². The molecule has 92 valence electrons. The van der Waals surface area contributed by atoms with Crippen LogP contribution in [0.15, 0.2) is 36.1 Å². The molecule has 17 heavy (non-hydrogen) atoms. The van der Waals surface area contributed by atoms with E-state index in [-0.39, 0.29) is 0 Å². The first-order valence-electron chi connectivity index (χ1n) is 6.11. The van der Waals surface area contributed by atoms with Gasteiger partial charge in [-0.2, -0.15) is 0 Å². The van der Waals surface area contributed by atoms with Crippen molar-refractivity contribution in [3.63, 3.8) is 0 Å². The summed E-state index contributed by atoms with van der Waals surface area (Å²) in [4.78, 5) is 0. The Hall–Kier alpha value is -0.733. The number of allylic oxidation sites excluding steroid dienone is 2. The second-order valence-electron chi connectivity index (χ2n) is 5.47. The minimum Gasteiger partial charge on any atom is -0.547 e. The van der Waals surface area contributed by atoms with Crippen molar-refractivity contribution in [1.82, 2.24) is 0 Å². The van der Waals surface area contributed by atoms with Gasteiger partial charge in [0.15, 0.2) is 0 Å². The molecule has 1 atom stereocenters. The molecule has 0 heterocycles. The Morgan fingerprint density at radius 3 is 2.59 bits per heavy atom. The van der Waals surface area contributed by atoms with Gasteiger partial charge in [0.25, 0.3) is 0 Å². The maximum atomic E-state index is 6.27. The monoisotopic (exact) mass is 266 g/mol. The summed E-state index contributed by atoms with van der Waals surface area (Å²) in [7, 11) is -1.53. The van der Waals surface area contributed by atoms with Gasteiger partial charge in [-0.1, -0.05) is 29.8 Å². The second kappa shape index (κ2) is 4.87. The minimum atomic E-state index is -1.53. The quantitative estimate of drug-likeness (QED) is 0.703. The second-order valence-corrected chi connectivity index (χ2v) is 10.3. The number of rotatable bonds is 3. The maximum Gasteiger partial charge on any atom is 0.241 e. The zero-order valence-corrected chi connectivity index (χ0v) is 12.4. The molecule has 0 saturated heterocycles. The Labute approximate surface area is 110 Å². The van der Waals surface area contributed by atoms with Crippen molar-refractivity contribution in [3.8, 4) is 0 Å². The predicted molar refractivity (Wildman–Crippen MR) is 75.9 cm³/mol. The molecule has 0 fully saturated rings. The van der Waals surface area contributed by atoms with Crippen molar-refractivity contribution in [2.45, 2.75) is 38.4 Å². The van der Waals surface area contributed by atoms with Crippen LogP contribution in [-0.2, 0) is 4.43 Å². The fourth-order valence-corrected chi connectivity index (χ4v) is 3.41. The van der Waals surface area contributed by atoms with E-state index in [9.17, 15) is 0 Å². The van der Waals surface area contributed by atoms with Gasteiger partial charge < -0.3 is 4.43 Å². The van der Waals surface area contributed by atoms with E-state index >= 15 is 0 Å². The normalized spacial score (nSPS) is 20.2. The molecule has 0 aromatic heterocycles. The molecule has 1 aromatic carbocycles. The van der Waals surface area contributed by atoms with E-state index in [1.54, 1.807) is 0 Å².